The number of thiophene rings is 1. The van der Waals surface area contributed by atoms with Crippen LogP contribution in [0.15, 0.2) is 66.7 Å². The smallest absolute Gasteiger partial charge is 0.265 e. The maximum atomic E-state index is 12.6. The molecule has 3 rings (SSSR count). The number of carbonyl (C=O) groups is 1. The molecular formula is C21H21NO3S. The maximum Gasteiger partial charge on any atom is 0.265 e. The van der Waals surface area contributed by atoms with Gasteiger partial charge in [-0.2, -0.15) is 0 Å². The monoisotopic (exact) mass is 367 g/mol. The number of hydrogen-bond acceptors (Lipinski definition) is 4. The molecule has 0 saturated heterocycles. The number of amides is 1. The highest BCUT2D eigenvalue weighted by atomic mass is 32.1. The molecule has 134 valence electrons. The van der Waals surface area contributed by atoms with Crippen molar-refractivity contribution in [2.45, 2.75) is 19.6 Å². The van der Waals surface area contributed by atoms with Crippen LogP contribution in [0.4, 0.5) is 0 Å². The predicted octanol–water partition coefficient (Wildman–Crippen LogP) is 4.10. The topological polar surface area (TPSA) is 58.6 Å². The van der Waals surface area contributed by atoms with E-state index in [0.29, 0.717) is 17.2 Å². The van der Waals surface area contributed by atoms with Gasteiger partial charge in [-0.05, 0) is 24.1 Å². The largest absolute Gasteiger partial charge is 0.487 e. The number of benzene rings is 2. The second-order valence-corrected chi connectivity index (χ2v) is 7.05. The molecule has 0 aliphatic rings. The summed E-state index contributed by atoms with van der Waals surface area (Å²) in [5.74, 6) is 0.321. The third-order valence-corrected chi connectivity index (χ3v) is 5.02. The summed E-state index contributed by atoms with van der Waals surface area (Å²) >= 11 is 1.39. The van der Waals surface area contributed by atoms with Crippen molar-refractivity contribution in [2.24, 2.45) is 0 Å². The zero-order valence-corrected chi connectivity index (χ0v) is 15.3. The third-order valence-electron chi connectivity index (χ3n) is 3.85. The number of aliphatic hydroxyl groups is 1. The number of rotatable bonds is 7. The molecule has 2 N–H and O–H groups in total. The highest BCUT2D eigenvalue weighted by Gasteiger charge is 2.20. The Morgan fingerprint density at radius 1 is 1.12 bits per heavy atom. The van der Waals surface area contributed by atoms with E-state index in [2.05, 4.69) is 5.32 Å². The van der Waals surface area contributed by atoms with Crippen LogP contribution in [-0.4, -0.2) is 23.7 Å². The minimum Gasteiger partial charge on any atom is -0.487 e. The van der Waals surface area contributed by atoms with Crippen LogP contribution in [0.25, 0.3) is 10.4 Å². The number of nitrogens with one attached hydrogen (secondary N) is 1. The van der Waals surface area contributed by atoms with Gasteiger partial charge in [0.25, 0.3) is 5.91 Å². The van der Waals surface area contributed by atoms with Crippen LogP contribution < -0.4 is 10.1 Å². The first-order valence-electron chi connectivity index (χ1n) is 8.45. The lowest BCUT2D eigenvalue weighted by Crippen LogP contribution is -2.34. The van der Waals surface area contributed by atoms with Gasteiger partial charge < -0.3 is 15.2 Å². The van der Waals surface area contributed by atoms with Gasteiger partial charge in [-0.1, -0.05) is 60.7 Å². The average molecular weight is 367 g/mol. The fraction of sp³-hybridized carbons (Fsp3) is 0.190. The number of aliphatic hydroxyl groups excluding tert-OH is 1. The lowest BCUT2D eigenvalue weighted by molar-refractivity contribution is 0.0922. The normalized spacial score (nSPS) is 11.8. The van der Waals surface area contributed by atoms with Gasteiger partial charge in [0.15, 0.2) is 0 Å². The Morgan fingerprint density at radius 2 is 1.77 bits per heavy atom. The number of hydrogen-bond donors (Lipinski definition) is 2. The molecule has 2 aromatic carbocycles. The summed E-state index contributed by atoms with van der Waals surface area (Å²) in [6.07, 6.45) is 0. The summed E-state index contributed by atoms with van der Waals surface area (Å²) in [7, 11) is 0. The Hall–Kier alpha value is -2.63. The van der Waals surface area contributed by atoms with E-state index in [0.717, 1.165) is 16.0 Å². The van der Waals surface area contributed by atoms with Gasteiger partial charge in [0.05, 0.1) is 6.61 Å². The van der Waals surface area contributed by atoms with E-state index in [9.17, 15) is 9.90 Å². The van der Waals surface area contributed by atoms with E-state index >= 15 is 0 Å². The molecule has 0 aliphatic carbocycles. The van der Waals surface area contributed by atoms with Crippen LogP contribution in [0, 0.1) is 0 Å². The van der Waals surface area contributed by atoms with Crippen molar-refractivity contribution in [1.29, 1.82) is 0 Å². The molecule has 1 heterocycles. The molecule has 0 fully saturated rings. The van der Waals surface area contributed by atoms with Crippen molar-refractivity contribution in [3.63, 3.8) is 0 Å². The van der Waals surface area contributed by atoms with Crippen LogP contribution in [-0.2, 0) is 6.61 Å². The van der Waals surface area contributed by atoms with Crippen molar-refractivity contribution < 1.29 is 14.6 Å². The van der Waals surface area contributed by atoms with Gasteiger partial charge in [-0.3, -0.25) is 4.79 Å². The summed E-state index contributed by atoms with van der Waals surface area (Å²) < 4.78 is 5.95. The highest BCUT2D eigenvalue weighted by molar-refractivity contribution is 7.17. The lowest BCUT2D eigenvalue weighted by Gasteiger charge is -2.11. The maximum absolute atomic E-state index is 12.6. The molecule has 1 amide bonds. The minimum atomic E-state index is -0.313. The summed E-state index contributed by atoms with van der Waals surface area (Å²) in [6, 6.07) is 21.3. The van der Waals surface area contributed by atoms with Gasteiger partial charge in [-0.15, -0.1) is 11.3 Å². The van der Waals surface area contributed by atoms with Crippen LogP contribution >= 0.6 is 11.3 Å². The molecule has 4 nitrogen and oxygen atoms in total. The van der Waals surface area contributed by atoms with E-state index in [1.165, 1.54) is 11.3 Å². The van der Waals surface area contributed by atoms with Crippen molar-refractivity contribution in [1.82, 2.24) is 5.32 Å². The molecule has 1 unspecified atom stereocenters. The van der Waals surface area contributed by atoms with E-state index in [-0.39, 0.29) is 18.6 Å². The van der Waals surface area contributed by atoms with E-state index in [4.69, 9.17) is 4.74 Å². The molecule has 0 aliphatic heterocycles. The Balaban J connectivity index is 1.87. The SMILES string of the molecule is CC(CO)NC(=O)c1sc(-c2ccccc2)cc1OCc1ccccc1. The molecule has 3 aromatic rings. The highest BCUT2D eigenvalue weighted by Crippen LogP contribution is 2.36. The van der Waals surface area contributed by atoms with Crippen molar-refractivity contribution in [3.8, 4) is 16.2 Å². The summed E-state index contributed by atoms with van der Waals surface area (Å²) in [6.45, 7) is 2.04. The Labute approximate surface area is 157 Å². The zero-order chi connectivity index (χ0) is 18.4. The van der Waals surface area contributed by atoms with Gasteiger partial charge in [-0.25, -0.2) is 0 Å². The molecule has 0 spiro atoms. The average Bonchev–Trinajstić information content (AvgIpc) is 3.12. The van der Waals surface area contributed by atoms with Crippen LogP contribution in [0.3, 0.4) is 0 Å². The Bertz CT molecular complexity index is 846. The Morgan fingerprint density at radius 3 is 2.42 bits per heavy atom. The van der Waals surface area contributed by atoms with E-state index < -0.39 is 0 Å². The van der Waals surface area contributed by atoms with Crippen molar-refractivity contribution >= 4 is 17.2 Å². The molecule has 1 atom stereocenters. The molecule has 0 saturated carbocycles. The second-order valence-electron chi connectivity index (χ2n) is 6.00. The van der Waals surface area contributed by atoms with Gasteiger partial charge >= 0.3 is 0 Å². The number of carbonyl (C=O) groups excluding carboxylic acids is 1. The molecule has 0 radical (unpaired) electrons. The van der Waals surface area contributed by atoms with E-state index in [1.807, 2.05) is 66.7 Å². The first kappa shape index (κ1) is 18.2. The fourth-order valence-electron chi connectivity index (χ4n) is 2.45. The molecular weight excluding hydrogens is 346 g/mol. The Kier molecular flexibility index (Phi) is 6.04. The molecule has 5 heteroatoms. The van der Waals surface area contributed by atoms with Gasteiger partial charge in [0.1, 0.15) is 17.2 Å². The van der Waals surface area contributed by atoms with Crippen LogP contribution in [0.1, 0.15) is 22.2 Å². The molecule has 26 heavy (non-hydrogen) atoms. The fourth-order valence-corrected chi connectivity index (χ4v) is 3.46. The minimum absolute atomic E-state index is 0.108. The summed E-state index contributed by atoms with van der Waals surface area (Å²) in [5, 5.41) is 12.0. The second kappa shape index (κ2) is 8.65. The predicted molar refractivity (Wildman–Crippen MR) is 105 cm³/mol. The standard InChI is InChI=1S/C21H21NO3S/c1-15(13-23)22-21(24)20-18(25-14-16-8-4-2-5-9-16)12-19(26-20)17-10-6-3-7-11-17/h2-12,15,23H,13-14H2,1H3,(H,22,24). The van der Waals surface area contributed by atoms with Gasteiger partial charge in [0.2, 0.25) is 0 Å². The lowest BCUT2D eigenvalue weighted by atomic mass is 10.2. The van der Waals surface area contributed by atoms with Crippen LogP contribution in [0.2, 0.25) is 0 Å². The summed E-state index contributed by atoms with van der Waals surface area (Å²) in [5.41, 5.74) is 2.08. The van der Waals surface area contributed by atoms with E-state index in [1.54, 1.807) is 6.92 Å². The molecule has 0 bridgehead atoms. The summed E-state index contributed by atoms with van der Waals surface area (Å²) in [4.78, 5) is 14.1. The third kappa shape index (κ3) is 4.50. The first-order chi connectivity index (χ1) is 12.7. The zero-order valence-electron chi connectivity index (χ0n) is 14.5. The quantitative estimate of drug-likeness (QED) is 0.661. The van der Waals surface area contributed by atoms with Gasteiger partial charge in [0, 0.05) is 10.9 Å². The van der Waals surface area contributed by atoms with Crippen LogP contribution in [0.5, 0.6) is 5.75 Å². The molecule has 1 aromatic heterocycles. The van der Waals surface area contributed by atoms with Crippen molar-refractivity contribution in [2.75, 3.05) is 6.61 Å². The number of ether oxygens (including phenoxy) is 1. The van der Waals surface area contributed by atoms with Crippen molar-refractivity contribution in [3.05, 3.63) is 77.2 Å². The first-order valence-corrected chi connectivity index (χ1v) is 9.26.